The molecule has 0 aromatic heterocycles. The number of carboxylic acid groups (broad SMARTS) is 1. The summed E-state index contributed by atoms with van der Waals surface area (Å²) in [5.74, 6) is -1.33. The molecule has 0 aliphatic heterocycles. The predicted molar refractivity (Wildman–Crippen MR) is 77.0 cm³/mol. The minimum Gasteiger partial charge on any atom is -0.481 e. The molecule has 21 heavy (non-hydrogen) atoms. The van der Waals surface area contributed by atoms with E-state index >= 15 is 0 Å². The molecule has 118 valence electrons. The van der Waals surface area contributed by atoms with Gasteiger partial charge in [-0.2, -0.15) is 0 Å². The van der Waals surface area contributed by atoms with Gasteiger partial charge < -0.3 is 5.11 Å². The summed E-state index contributed by atoms with van der Waals surface area (Å²) in [5, 5.41) is 8.57. The summed E-state index contributed by atoms with van der Waals surface area (Å²) >= 11 is 0. The van der Waals surface area contributed by atoms with E-state index in [1.54, 1.807) is 6.92 Å². The fourth-order valence-electron chi connectivity index (χ4n) is 1.78. The third kappa shape index (κ3) is 5.81. The molecular weight excluding hydrogens is 297 g/mol. The van der Waals surface area contributed by atoms with Crippen LogP contribution in [0.15, 0.2) is 23.1 Å². The van der Waals surface area contributed by atoms with E-state index in [1.807, 2.05) is 6.92 Å². The van der Waals surface area contributed by atoms with Crippen LogP contribution in [-0.4, -0.2) is 26.0 Å². The third-order valence-corrected chi connectivity index (χ3v) is 4.69. The van der Waals surface area contributed by atoms with Crippen molar-refractivity contribution in [3.8, 4) is 0 Å². The highest BCUT2D eigenvalue weighted by Gasteiger charge is 2.15. The van der Waals surface area contributed by atoms with Gasteiger partial charge in [-0.3, -0.25) is 4.79 Å². The fraction of sp³-hybridized carbons (Fsp3) is 0.500. The second-order valence-corrected chi connectivity index (χ2v) is 6.90. The summed E-state index contributed by atoms with van der Waals surface area (Å²) in [7, 11) is -3.73. The number of hydrogen-bond donors (Lipinski definition) is 2. The molecule has 5 nitrogen and oxygen atoms in total. The van der Waals surface area contributed by atoms with Crippen LogP contribution in [0.4, 0.5) is 4.39 Å². The van der Waals surface area contributed by atoms with Gasteiger partial charge >= 0.3 is 5.97 Å². The highest BCUT2D eigenvalue weighted by atomic mass is 32.2. The van der Waals surface area contributed by atoms with E-state index in [0.717, 1.165) is 6.07 Å². The zero-order valence-corrected chi connectivity index (χ0v) is 12.9. The molecule has 0 aliphatic carbocycles. The van der Waals surface area contributed by atoms with Gasteiger partial charge in [-0.1, -0.05) is 13.0 Å². The molecule has 1 aromatic rings. The van der Waals surface area contributed by atoms with Crippen LogP contribution in [-0.2, 0) is 14.8 Å². The maximum Gasteiger partial charge on any atom is 0.303 e. The molecule has 1 aromatic carbocycles. The van der Waals surface area contributed by atoms with Gasteiger partial charge in [0.15, 0.2) is 0 Å². The van der Waals surface area contributed by atoms with Gasteiger partial charge in [0, 0.05) is 13.0 Å². The molecule has 1 unspecified atom stereocenters. The molecule has 0 amide bonds. The van der Waals surface area contributed by atoms with Crippen molar-refractivity contribution in [3.63, 3.8) is 0 Å². The number of rotatable bonds is 8. The molecule has 2 N–H and O–H groups in total. The average Bonchev–Trinajstić information content (AvgIpc) is 2.39. The monoisotopic (exact) mass is 317 g/mol. The summed E-state index contributed by atoms with van der Waals surface area (Å²) in [5.41, 5.74) is 0.385. The van der Waals surface area contributed by atoms with Crippen LogP contribution in [0.1, 0.15) is 31.7 Å². The van der Waals surface area contributed by atoms with Crippen LogP contribution in [0.2, 0.25) is 0 Å². The van der Waals surface area contributed by atoms with Crippen LogP contribution in [0, 0.1) is 18.7 Å². The first kappa shape index (κ1) is 17.6. The number of sulfonamides is 1. The van der Waals surface area contributed by atoms with Crippen LogP contribution >= 0.6 is 0 Å². The number of nitrogens with one attached hydrogen (secondary N) is 1. The van der Waals surface area contributed by atoms with Gasteiger partial charge in [-0.15, -0.1) is 0 Å². The molecule has 0 fully saturated rings. The lowest BCUT2D eigenvalue weighted by Gasteiger charge is -2.11. The highest BCUT2D eigenvalue weighted by Crippen LogP contribution is 2.15. The Morgan fingerprint density at radius 1 is 1.38 bits per heavy atom. The first-order valence-corrected chi connectivity index (χ1v) is 8.18. The first-order valence-electron chi connectivity index (χ1n) is 6.70. The van der Waals surface area contributed by atoms with Crippen molar-refractivity contribution in [3.05, 3.63) is 29.6 Å². The Balaban J connectivity index is 2.53. The zero-order valence-electron chi connectivity index (χ0n) is 12.1. The summed E-state index contributed by atoms with van der Waals surface area (Å²) in [6.07, 6.45) is 1.09. The average molecular weight is 317 g/mol. The molecule has 0 spiro atoms. The number of aliphatic carboxylic acids is 1. The number of hydrogen-bond acceptors (Lipinski definition) is 3. The van der Waals surface area contributed by atoms with Crippen LogP contribution in [0.5, 0.6) is 0 Å². The van der Waals surface area contributed by atoms with Crippen molar-refractivity contribution in [2.75, 3.05) is 6.54 Å². The molecule has 0 aliphatic rings. The fourth-order valence-corrected chi connectivity index (χ4v) is 2.84. The molecule has 0 bridgehead atoms. The standard InChI is InChI=1S/C14H20FNO4S/c1-10(3-6-14(17)18)7-8-16-21(19,20)12-5-4-11(2)13(15)9-12/h4-5,9-10,16H,3,6-8H2,1-2H3,(H,17,18). The molecule has 1 rings (SSSR count). The van der Waals surface area contributed by atoms with Gasteiger partial charge in [0.25, 0.3) is 0 Å². The van der Waals surface area contributed by atoms with Gasteiger partial charge in [0.05, 0.1) is 4.90 Å². The molecule has 0 heterocycles. The number of aryl methyl sites for hydroxylation is 1. The van der Waals surface area contributed by atoms with Crippen LogP contribution in [0.25, 0.3) is 0 Å². The number of carboxylic acids is 1. The highest BCUT2D eigenvalue weighted by molar-refractivity contribution is 7.89. The Bertz CT molecular complexity index is 601. The van der Waals surface area contributed by atoms with Gasteiger partial charge in [0.1, 0.15) is 5.82 Å². The lowest BCUT2D eigenvalue weighted by molar-refractivity contribution is -0.137. The third-order valence-electron chi connectivity index (χ3n) is 3.23. The minimum atomic E-state index is -3.73. The van der Waals surface area contributed by atoms with Gasteiger partial charge in [0.2, 0.25) is 10.0 Å². The van der Waals surface area contributed by atoms with Gasteiger partial charge in [-0.05, 0) is 43.4 Å². The Morgan fingerprint density at radius 2 is 2.05 bits per heavy atom. The van der Waals surface area contributed by atoms with Crippen LogP contribution in [0.3, 0.4) is 0 Å². The number of carbonyl (C=O) groups is 1. The normalized spacial score (nSPS) is 13.1. The Morgan fingerprint density at radius 3 is 2.62 bits per heavy atom. The number of benzene rings is 1. The maximum absolute atomic E-state index is 13.4. The minimum absolute atomic E-state index is 0.0666. The molecule has 7 heteroatoms. The second kappa shape index (κ2) is 7.51. The van der Waals surface area contributed by atoms with Crippen LogP contribution < -0.4 is 4.72 Å². The topological polar surface area (TPSA) is 83.5 Å². The van der Waals surface area contributed by atoms with Crippen molar-refractivity contribution < 1.29 is 22.7 Å². The van der Waals surface area contributed by atoms with Crippen molar-refractivity contribution in [2.24, 2.45) is 5.92 Å². The Hall–Kier alpha value is -1.47. The quantitative estimate of drug-likeness (QED) is 0.770. The Kier molecular flexibility index (Phi) is 6.29. The first-order chi connectivity index (χ1) is 9.72. The Labute approximate surface area is 124 Å². The largest absolute Gasteiger partial charge is 0.481 e. The van der Waals surface area contributed by atoms with E-state index < -0.39 is 21.8 Å². The van der Waals surface area contributed by atoms with E-state index in [0.29, 0.717) is 18.4 Å². The molecule has 0 radical (unpaired) electrons. The lowest BCUT2D eigenvalue weighted by Crippen LogP contribution is -2.26. The summed E-state index contributed by atoms with van der Waals surface area (Å²) < 4.78 is 39.7. The molecule has 1 atom stereocenters. The van der Waals surface area contributed by atoms with Crippen molar-refractivity contribution >= 4 is 16.0 Å². The van der Waals surface area contributed by atoms with Crippen molar-refractivity contribution in [2.45, 2.75) is 38.0 Å². The van der Waals surface area contributed by atoms with E-state index in [-0.39, 0.29) is 23.8 Å². The second-order valence-electron chi connectivity index (χ2n) is 5.14. The summed E-state index contributed by atoms with van der Waals surface area (Å²) in [6.45, 7) is 3.62. The van der Waals surface area contributed by atoms with E-state index in [4.69, 9.17) is 5.11 Å². The van der Waals surface area contributed by atoms with Crippen molar-refractivity contribution in [1.82, 2.24) is 4.72 Å². The predicted octanol–water partition coefficient (Wildman–Crippen LogP) is 2.30. The summed E-state index contributed by atoms with van der Waals surface area (Å²) in [6, 6.07) is 3.76. The molecule has 0 saturated carbocycles. The number of halogens is 1. The van der Waals surface area contributed by atoms with Gasteiger partial charge in [-0.25, -0.2) is 17.5 Å². The lowest BCUT2D eigenvalue weighted by atomic mass is 10.0. The van der Waals surface area contributed by atoms with E-state index in [1.165, 1.54) is 12.1 Å². The molecule has 0 saturated heterocycles. The summed E-state index contributed by atoms with van der Waals surface area (Å²) in [4.78, 5) is 10.3. The van der Waals surface area contributed by atoms with Crippen molar-refractivity contribution in [1.29, 1.82) is 0 Å². The SMILES string of the molecule is Cc1ccc(S(=O)(=O)NCCC(C)CCC(=O)O)cc1F. The maximum atomic E-state index is 13.4. The smallest absolute Gasteiger partial charge is 0.303 e. The molecular formula is C14H20FNO4S. The zero-order chi connectivity index (χ0) is 16.0. The van der Waals surface area contributed by atoms with E-state index in [9.17, 15) is 17.6 Å². The van der Waals surface area contributed by atoms with E-state index in [2.05, 4.69) is 4.72 Å².